The molecule has 2 aromatic rings. The zero-order valence-electron chi connectivity index (χ0n) is 15.3. The number of rotatable bonds is 6. The number of thiocarbonyl (C=S) groups is 1. The molecule has 156 valence electrons. The van der Waals surface area contributed by atoms with Gasteiger partial charge in [-0.2, -0.15) is 5.01 Å². The Hall–Kier alpha value is -1.97. The Kier molecular flexibility index (Phi) is 7.49. The molecule has 3 rings (SSSR count). The summed E-state index contributed by atoms with van der Waals surface area (Å²) in [6, 6.07) is 9.97. The van der Waals surface area contributed by atoms with Crippen LogP contribution >= 0.6 is 58.8 Å². The Bertz CT molecular complexity index is 1040. The van der Waals surface area contributed by atoms with Crippen LogP contribution in [0.3, 0.4) is 0 Å². The van der Waals surface area contributed by atoms with Gasteiger partial charge in [-0.15, -0.1) is 0 Å². The van der Waals surface area contributed by atoms with Crippen molar-refractivity contribution in [2.45, 2.75) is 0 Å². The third-order valence-electron chi connectivity index (χ3n) is 3.78. The molecular weight excluding hydrogens is 491 g/mol. The molecule has 1 fully saturated rings. The van der Waals surface area contributed by atoms with Gasteiger partial charge in [0.1, 0.15) is 11.5 Å². The number of hydrogen-bond acceptors (Lipinski definition) is 6. The van der Waals surface area contributed by atoms with Crippen molar-refractivity contribution in [1.82, 2.24) is 10.4 Å². The maximum Gasteiger partial charge on any atom is 0.285 e. The Morgan fingerprint density at radius 1 is 1.17 bits per heavy atom. The molecule has 0 spiro atoms. The Morgan fingerprint density at radius 3 is 2.50 bits per heavy atom. The predicted molar refractivity (Wildman–Crippen MR) is 123 cm³/mol. The number of nitrogens with one attached hydrogen (secondary N) is 1. The number of ether oxygens (including phenoxy) is 2. The minimum Gasteiger partial charge on any atom is -0.497 e. The molecular formula is C19H13Cl3N2O4S2. The normalized spacial score (nSPS) is 14.9. The first kappa shape index (κ1) is 22.7. The summed E-state index contributed by atoms with van der Waals surface area (Å²) in [5.41, 5.74) is 3.21. The molecule has 0 radical (unpaired) electrons. The fraction of sp³-hybridized carbons (Fsp3) is 0.105. The number of methoxy groups -OCH3 is 1. The second-order valence-electron chi connectivity index (χ2n) is 5.81. The van der Waals surface area contributed by atoms with E-state index in [2.05, 4.69) is 5.43 Å². The van der Waals surface area contributed by atoms with Crippen molar-refractivity contribution in [2.75, 3.05) is 13.7 Å². The Balaban J connectivity index is 1.62. The highest BCUT2D eigenvalue weighted by Gasteiger charge is 2.33. The molecule has 11 heteroatoms. The van der Waals surface area contributed by atoms with E-state index in [1.807, 2.05) is 0 Å². The average molecular weight is 504 g/mol. The zero-order valence-corrected chi connectivity index (χ0v) is 19.2. The van der Waals surface area contributed by atoms with Crippen molar-refractivity contribution in [3.05, 3.63) is 61.9 Å². The summed E-state index contributed by atoms with van der Waals surface area (Å²) in [6.07, 6.45) is 1.68. The maximum absolute atomic E-state index is 12.6. The lowest BCUT2D eigenvalue weighted by Crippen LogP contribution is -2.46. The molecule has 2 amide bonds. The standard InChI is InChI=1S/C19H13Cl3N2O4S2/c1-27-11-4-2-10(3-5-11)6-16-18(26)24(19(29)30-16)23-17(25)9-28-15-8-13(21)12(20)7-14(15)22/h2-8H,9H2,1H3,(H,23,25)/b16-6-. The number of carbonyl (C=O) groups excluding carboxylic acids is 2. The summed E-state index contributed by atoms with van der Waals surface area (Å²) < 4.78 is 10.7. The van der Waals surface area contributed by atoms with Gasteiger partial charge >= 0.3 is 0 Å². The van der Waals surface area contributed by atoms with Crippen molar-refractivity contribution in [3.8, 4) is 11.5 Å². The van der Waals surface area contributed by atoms with Crippen LogP contribution < -0.4 is 14.9 Å². The quantitative estimate of drug-likeness (QED) is 0.341. The van der Waals surface area contributed by atoms with Gasteiger partial charge in [0, 0.05) is 6.07 Å². The molecule has 1 aliphatic rings. The van der Waals surface area contributed by atoms with E-state index in [0.29, 0.717) is 10.7 Å². The van der Waals surface area contributed by atoms with Crippen molar-refractivity contribution in [1.29, 1.82) is 0 Å². The lowest BCUT2D eigenvalue weighted by molar-refractivity contribution is -0.134. The van der Waals surface area contributed by atoms with E-state index in [9.17, 15) is 9.59 Å². The molecule has 6 nitrogen and oxygen atoms in total. The van der Waals surface area contributed by atoms with Gasteiger partial charge in [0.25, 0.3) is 11.8 Å². The van der Waals surface area contributed by atoms with Crippen molar-refractivity contribution in [2.24, 2.45) is 0 Å². The Labute approximate surface area is 197 Å². The first-order valence-corrected chi connectivity index (χ1v) is 10.6. The van der Waals surface area contributed by atoms with E-state index in [1.165, 1.54) is 12.1 Å². The number of carbonyl (C=O) groups is 2. The summed E-state index contributed by atoms with van der Waals surface area (Å²) in [5.74, 6) is -0.152. The number of nitrogens with zero attached hydrogens (tertiary/aromatic N) is 1. The summed E-state index contributed by atoms with van der Waals surface area (Å²) >= 11 is 24.1. The van der Waals surface area contributed by atoms with Gasteiger partial charge in [0.2, 0.25) is 0 Å². The number of hydrazine groups is 1. The van der Waals surface area contributed by atoms with E-state index < -0.39 is 18.4 Å². The van der Waals surface area contributed by atoms with Crippen LogP contribution in [0.1, 0.15) is 5.56 Å². The number of thioether (sulfide) groups is 1. The SMILES string of the molecule is COc1ccc(/C=C2\SC(=S)N(NC(=O)COc3cc(Cl)c(Cl)cc3Cl)C2=O)cc1. The number of hydrogen-bond donors (Lipinski definition) is 1. The summed E-state index contributed by atoms with van der Waals surface area (Å²) in [7, 11) is 1.57. The summed E-state index contributed by atoms with van der Waals surface area (Å²) in [5, 5.41) is 1.69. The monoisotopic (exact) mass is 502 g/mol. The van der Waals surface area contributed by atoms with Crippen LogP contribution in [-0.2, 0) is 9.59 Å². The minimum atomic E-state index is -0.598. The highest BCUT2D eigenvalue weighted by molar-refractivity contribution is 8.26. The second-order valence-corrected chi connectivity index (χ2v) is 8.71. The van der Waals surface area contributed by atoms with Gasteiger partial charge in [0.05, 0.1) is 27.1 Å². The van der Waals surface area contributed by atoms with Crippen molar-refractivity contribution in [3.63, 3.8) is 0 Å². The van der Waals surface area contributed by atoms with Gasteiger partial charge in [-0.25, -0.2) is 0 Å². The minimum absolute atomic E-state index is 0.186. The molecule has 0 bridgehead atoms. The van der Waals surface area contributed by atoms with E-state index >= 15 is 0 Å². The van der Waals surface area contributed by atoms with Crippen LogP contribution in [0, 0.1) is 0 Å². The average Bonchev–Trinajstić information content (AvgIpc) is 2.97. The third-order valence-corrected chi connectivity index (χ3v) is 6.10. The van der Waals surface area contributed by atoms with Crippen LogP contribution in [0.15, 0.2) is 41.3 Å². The number of amides is 2. The first-order valence-electron chi connectivity index (χ1n) is 8.27. The highest BCUT2D eigenvalue weighted by Crippen LogP contribution is 2.34. The van der Waals surface area contributed by atoms with Crippen LogP contribution in [0.5, 0.6) is 11.5 Å². The van der Waals surface area contributed by atoms with Crippen LogP contribution in [-0.4, -0.2) is 34.9 Å². The molecule has 0 saturated carbocycles. The fourth-order valence-corrected chi connectivity index (χ4v) is 4.10. The topological polar surface area (TPSA) is 67.9 Å². The van der Waals surface area contributed by atoms with E-state index in [4.69, 9.17) is 56.5 Å². The highest BCUT2D eigenvalue weighted by atomic mass is 35.5. The lowest BCUT2D eigenvalue weighted by Gasteiger charge is -2.16. The third kappa shape index (κ3) is 5.39. The van der Waals surface area contributed by atoms with Crippen molar-refractivity contribution >= 4 is 81.0 Å². The molecule has 1 heterocycles. The van der Waals surface area contributed by atoms with Crippen LogP contribution in [0.25, 0.3) is 6.08 Å². The summed E-state index contributed by atoms with van der Waals surface area (Å²) in [6.45, 7) is -0.410. The van der Waals surface area contributed by atoms with Crippen molar-refractivity contribution < 1.29 is 19.1 Å². The molecule has 0 aliphatic carbocycles. The smallest absolute Gasteiger partial charge is 0.285 e. The molecule has 30 heavy (non-hydrogen) atoms. The van der Waals surface area contributed by atoms with Gasteiger partial charge in [-0.1, -0.05) is 58.7 Å². The van der Waals surface area contributed by atoms with Gasteiger partial charge < -0.3 is 9.47 Å². The summed E-state index contributed by atoms with van der Waals surface area (Å²) in [4.78, 5) is 25.2. The number of halogens is 3. The predicted octanol–water partition coefficient (Wildman–Crippen LogP) is 4.97. The van der Waals surface area contributed by atoms with E-state index in [0.717, 1.165) is 22.3 Å². The van der Waals surface area contributed by atoms with E-state index in [-0.39, 0.29) is 25.1 Å². The van der Waals surface area contributed by atoms with Crippen LogP contribution in [0.4, 0.5) is 0 Å². The van der Waals surface area contributed by atoms with E-state index in [1.54, 1.807) is 37.5 Å². The first-order chi connectivity index (χ1) is 14.3. The Morgan fingerprint density at radius 2 is 1.83 bits per heavy atom. The van der Waals surface area contributed by atoms with Gasteiger partial charge in [-0.05, 0) is 42.1 Å². The zero-order chi connectivity index (χ0) is 21.8. The fourth-order valence-electron chi connectivity index (χ4n) is 2.33. The second kappa shape index (κ2) is 9.89. The molecule has 0 atom stereocenters. The lowest BCUT2D eigenvalue weighted by atomic mass is 10.2. The molecule has 2 aromatic carbocycles. The molecule has 0 aromatic heterocycles. The maximum atomic E-state index is 12.6. The number of benzene rings is 2. The molecule has 1 aliphatic heterocycles. The largest absolute Gasteiger partial charge is 0.497 e. The van der Waals surface area contributed by atoms with Gasteiger partial charge in [-0.3, -0.25) is 15.0 Å². The van der Waals surface area contributed by atoms with Crippen LogP contribution in [0.2, 0.25) is 15.1 Å². The molecule has 0 unspecified atom stereocenters. The molecule has 1 saturated heterocycles. The van der Waals surface area contributed by atoms with Gasteiger partial charge in [0.15, 0.2) is 10.9 Å². The molecule has 1 N–H and O–H groups in total.